The highest BCUT2D eigenvalue weighted by molar-refractivity contribution is 5.87. The van der Waals surface area contributed by atoms with E-state index >= 15 is 0 Å². The van der Waals surface area contributed by atoms with Gasteiger partial charge in [0.2, 0.25) is 0 Å². The minimum atomic E-state index is -4.65. The number of alkyl halides is 3. The summed E-state index contributed by atoms with van der Waals surface area (Å²) in [6.07, 6.45) is -5.24. The summed E-state index contributed by atoms with van der Waals surface area (Å²) in [6, 6.07) is 25.3. The van der Waals surface area contributed by atoms with Crippen molar-refractivity contribution < 1.29 is 42.1 Å². The molecule has 10 heteroatoms. The summed E-state index contributed by atoms with van der Waals surface area (Å²) < 4.78 is 58.1. The van der Waals surface area contributed by atoms with Crippen LogP contribution in [-0.2, 0) is 35.1 Å². The Labute approximate surface area is 240 Å². The predicted molar refractivity (Wildman–Crippen MR) is 150 cm³/mol. The molecule has 0 radical (unpaired) electrons. The number of rotatable bonds is 11. The number of para-hydroxylation sites is 1. The van der Waals surface area contributed by atoms with Crippen LogP contribution in [-0.4, -0.2) is 30.9 Å². The summed E-state index contributed by atoms with van der Waals surface area (Å²) in [4.78, 5) is 25.8. The highest BCUT2D eigenvalue weighted by Gasteiger charge is 2.32. The molecular weight excluding hydrogens is 551 g/mol. The molecule has 0 saturated carbocycles. The number of amides is 1. The van der Waals surface area contributed by atoms with Gasteiger partial charge in [-0.2, -0.15) is 13.2 Å². The molecule has 42 heavy (non-hydrogen) atoms. The fourth-order valence-corrected chi connectivity index (χ4v) is 4.20. The van der Waals surface area contributed by atoms with Crippen LogP contribution in [0.4, 0.5) is 23.7 Å². The van der Waals surface area contributed by atoms with Gasteiger partial charge in [0.25, 0.3) is 0 Å². The minimum absolute atomic E-state index is 0.0202. The molecule has 218 valence electrons. The van der Waals surface area contributed by atoms with Gasteiger partial charge in [-0.15, -0.1) is 0 Å². The first-order valence-electron chi connectivity index (χ1n) is 12.9. The molecule has 0 aliphatic carbocycles. The quantitative estimate of drug-likeness (QED) is 0.198. The van der Waals surface area contributed by atoms with Gasteiger partial charge in [-0.05, 0) is 53.6 Å². The first kappa shape index (κ1) is 30.0. The topological polar surface area (TPSA) is 85.3 Å². The van der Waals surface area contributed by atoms with Crippen LogP contribution in [0.15, 0.2) is 97.1 Å². The van der Waals surface area contributed by atoms with Crippen molar-refractivity contribution >= 4 is 17.7 Å². The molecule has 1 N–H and O–H groups in total. The van der Waals surface area contributed by atoms with Crippen molar-refractivity contribution in [3.05, 3.63) is 119 Å². The average molecular weight is 580 g/mol. The molecule has 0 spiro atoms. The van der Waals surface area contributed by atoms with Crippen LogP contribution >= 0.6 is 0 Å². The second kappa shape index (κ2) is 13.6. The van der Waals surface area contributed by atoms with Gasteiger partial charge >= 0.3 is 18.2 Å². The summed E-state index contributed by atoms with van der Waals surface area (Å²) in [5, 5.41) is 9.18. The van der Waals surface area contributed by atoms with E-state index in [9.17, 15) is 27.9 Å². The second-order valence-corrected chi connectivity index (χ2v) is 9.25. The van der Waals surface area contributed by atoms with Crippen molar-refractivity contribution in [3.8, 4) is 17.2 Å². The zero-order valence-electron chi connectivity index (χ0n) is 22.6. The van der Waals surface area contributed by atoms with Gasteiger partial charge in [-0.1, -0.05) is 54.6 Å². The van der Waals surface area contributed by atoms with Crippen LogP contribution in [0.5, 0.6) is 17.2 Å². The fourth-order valence-electron chi connectivity index (χ4n) is 4.20. The van der Waals surface area contributed by atoms with E-state index in [1.165, 1.54) is 24.1 Å². The van der Waals surface area contributed by atoms with Crippen molar-refractivity contribution in [2.24, 2.45) is 0 Å². The van der Waals surface area contributed by atoms with Gasteiger partial charge in [-0.3, -0.25) is 9.69 Å². The second-order valence-electron chi connectivity index (χ2n) is 9.25. The lowest BCUT2D eigenvalue weighted by Crippen LogP contribution is -2.31. The SMILES string of the molecule is COc1ccc(CC(=O)O)cc1Oc1ccc(C(F)(F)F)cc1CN(C(=O)OCCc1ccccc1)c1ccccc1. The summed E-state index contributed by atoms with van der Waals surface area (Å²) >= 11 is 0. The lowest BCUT2D eigenvalue weighted by molar-refractivity contribution is -0.138. The number of methoxy groups -OCH3 is 1. The third-order valence-electron chi connectivity index (χ3n) is 6.27. The maximum Gasteiger partial charge on any atom is 0.416 e. The molecule has 0 fully saturated rings. The Morgan fingerprint density at radius 3 is 2.12 bits per heavy atom. The number of carbonyl (C=O) groups is 2. The smallest absolute Gasteiger partial charge is 0.416 e. The molecule has 0 saturated heterocycles. The molecule has 4 rings (SSSR count). The minimum Gasteiger partial charge on any atom is -0.493 e. The van der Waals surface area contributed by atoms with E-state index in [4.69, 9.17) is 14.2 Å². The van der Waals surface area contributed by atoms with Crippen LogP contribution < -0.4 is 14.4 Å². The van der Waals surface area contributed by atoms with Crippen molar-refractivity contribution in [1.82, 2.24) is 0 Å². The Balaban J connectivity index is 1.68. The normalized spacial score (nSPS) is 11.0. The molecule has 0 atom stereocenters. The van der Waals surface area contributed by atoms with Gasteiger partial charge in [0, 0.05) is 17.7 Å². The lowest BCUT2D eigenvalue weighted by Gasteiger charge is -2.24. The van der Waals surface area contributed by atoms with Gasteiger partial charge < -0.3 is 19.3 Å². The summed E-state index contributed by atoms with van der Waals surface area (Å²) in [7, 11) is 1.38. The fraction of sp³-hybridized carbons (Fsp3) is 0.188. The zero-order valence-corrected chi connectivity index (χ0v) is 22.6. The van der Waals surface area contributed by atoms with Crippen molar-refractivity contribution in [1.29, 1.82) is 0 Å². The monoisotopic (exact) mass is 579 g/mol. The average Bonchev–Trinajstić information content (AvgIpc) is 2.97. The summed E-state index contributed by atoms with van der Waals surface area (Å²) in [5.74, 6) is -0.693. The molecule has 0 bridgehead atoms. The van der Waals surface area contributed by atoms with E-state index in [1.807, 2.05) is 30.3 Å². The lowest BCUT2D eigenvalue weighted by atomic mass is 10.1. The summed E-state index contributed by atoms with van der Waals surface area (Å²) in [5.41, 5.74) is 0.886. The van der Waals surface area contributed by atoms with Crippen molar-refractivity contribution in [2.45, 2.75) is 25.6 Å². The molecule has 0 heterocycles. The molecule has 4 aromatic carbocycles. The maximum atomic E-state index is 13.7. The van der Waals surface area contributed by atoms with Crippen LogP contribution in [0.25, 0.3) is 0 Å². The van der Waals surface area contributed by atoms with Crippen LogP contribution in [0.1, 0.15) is 22.3 Å². The third-order valence-corrected chi connectivity index (χ3v) is 6.27. The Morgan fingerprint density at radius 1 is 0.810 bits per heavy atom. The number of halogens is 3. The number of aliphatic carboxylic acids is 1. The number of carboxylic acid groups (broad SMARTS) is 1. The first-order chi connectivity index (χ1) is 20.1. The molecule has 0 aliphatic rings. The number of anilines is 1. The Bertz CT molecular complexity index is 1510. The molecule has 0 unspecified atom stereocenters. The third kappa shape index (κ3) is 8.03. The number of benzene rings is 4. The van der Waals surface area contributed by atoms with Crippen molar-refractivity contribution in [2.75, 3.05) is 18.6 Å². The van der Waals surface area contributed by atoms with Crippen molar-refractivity contribution in [3.63, 3.8) is 0 Å². The number of ether oxygens (including phenoxy) is 3. The van der Waals surface area contributed by atoms with E-state index in [0.717, 1.165) is 23.8 Å². The van der Waals surface area contributed by atoms with E-state index in [-0.39, 0.29) is 42.4 Å². The molecule has 1 amide bonds. The van der Waals surface area contributed by atoms with E-state index < -0.39 is 23.8 Å². The van der Waals surface area contributed by atoms with Gasteiger partial charge in [0.05, 0.1) is 32.2 Å². The molecular formula is C32H28F3NO6. The largest absolute Gasteiger partial charge is 0.493 e. The highest BCUT2D eigenvalue weighted by Crippen LogP contribution is 2.38. The van der Waals surface area contributed by atoms with Crippen LogP contribution in [0.2, 0.25) is 0 Å². The number of hydrogen-bond donors (Lipinski definition) is 1. The number of nitrogens with zero attached hydrogens (tertiary/aromatic N) is 1. The Morgan fingerprint density at radius 2 is 1.48 bits per heavy atom. The molecule has 7 nitrogen and oxygen atoms in total. The van der Waals surface area contributed by atoms with E-state index in [0.29, 0.717) is 17.7 Å². The number of carbonyl (C=O) groups excluding carboxylic acids is 1. The molecule has 0 aromatic heterocycles. The first-order valence-corrected chi connectivity index (χ1v) is 12.9. The van der Waals surface area contributed by atoms with Gasteiger partial charge in [0.15, 0.2) is 11.5 Å². The van der Waals surface area contributed by atoms with E-state index in [2.05, 4.69) is 0 Å². The zero-order chi connectivity index (χ0) is 30.1. The van der Waals surface area contributed by atoms with Crippen LogP contribution in [0, 0.1) is 0 Å². The Hall–Kier alpha value is -4.99. The summed E-state index contributed by atoms with van der Waals surface area (Å²) in [6.45, 7) is -0.254. The van der Waals surface area contributed by atoms with Crippen LogP contribution in [0.3, 0.4) is 0 Å². The highest BCUT2D eigenvalue weighted by atomic mass is 19.4. The van der Waals surface area contributed by atoms with Gasteiger partial charge in [0.1, 0.15) is 5.75 Å². The Kier molecular flexibility index (Phi) is 9.69. The number of carboxylic acids is 1. The standard InChI is InChI=1S/C32H28F3NO6/c1-40-28-14-12-23(19-30(37)38)18-29(28)42-27-15-13-25(32(33,34)35)20-24(27)21-36(26-10-6-3-7-11-26)31(39)41-17-16-22-8-4-2-5-9-22/h2-15,18,20H,16-17,19,21H2,1H3,(H,37,38). The van der Waals surface area contributed by atoms with Gasteiger partial charge in [-0.25, -0.2) is 4.79 Å². The van der Waals surface area contributed by atoms with E-state index in [1.54, 1.807) is 36.4 Å². The molecule has 0 aliphatic heterocycles. The molecule has 4 aromatic rings. The maximum absolute atomic E-state index is 13.7. The predicted octanol–water partition coefficient (Wildman–Crippen LogP) is 7.52. The number of hydrogen-bond acceptors (Lipinski definition) is 5.